The number of para-hydroxylation sites is 1. The molecule has 0 bridgehead atoms. The van der Waals surface area contributed by atoms with E-state index in [0.29, 0.717) is 39.0 Å². The Morgan fingerprint density at radius 1 is 0.971 bits per heavy atom. The Morgan fingerprint density at radius 2 is 1.74 bits per heavy atom. The first kappa shape index (κ1) is 22.0. The lowest BCUT2D eigenvalue weighted by Gasteiger charge is -2.14. The molecule has 0 aliphatic rings. The number of thioether (sulfide) groups is 1. The summed E-state index contributed by atoms with van der Waals surface area (Å²) in [6.45, 7) is 1.95. The average molecular weight is 477 g/mol. The fourth-order valence-electron chi connectivity index (χ4n) is 3.91. The number of ether oxygens (including phenoxy) is 2. The molecule has 3 aromatic carbocycles. The SMILES string of the molecule is COc1ccc(CSc2nnc3n(-c4cc(C)ccc4OC)c(=O)c4ccccc4n23)cc1F. The molecule has 5 aromatic rings. The van der Waals surface area contributed by atoms with Gasteiger partial charge in [-0.25, -0.2) is 8.96 Å². The van der Waals surface area contributed by atoms with Gasteiger partial charge in [0.25, 0.3) is 5.56 Å². The van der Waals surface area contributed by atoms with E-state index >= 15 is 0 Å². The van der Waals surface area contributed by atoms with E-state index in [-0.39, 0.29) is 11.3 Å². The predicted molar refractivity (Wildman–Crippen MR) is 130 cm³/mol. The minimum Gasteiger partial charge on any atom is -0.495 e. The van der Waals surface area contributed by atoms with E-state index in [1.54, 1.807) is 19.2 Å². The quantitative estimate of drug-likeness (QED) is 0.328. The van der Waals surface area contributed by atoms with Gasteiger partial charge in [0.15, 0.2) is 16.7 Å². The number of hydrogen-bond acceptors (Lipinski definition) is 6. The van der Waals surface area contributed by atoms with E-state index < -0.39 is 5.82 Å². The topological polar surface area (TPSA) is 70.7 Å². The van der Waals surface area contributed by atoms with Gasteiger partial charge in [0.05, 0.1) is 30.8 Å². The number of rotatable bonds is 6. The molecule has 0 atom stereocenters. The van der Waals surface area contributed by atoms with Gasteiger partial charge in [0, 0.05) is 5.75 Å². The fourth-order valence-corrected chi connectivity index (χ4v) is 4.79. The third-order valence-corrected chi connectivity index (χ3v) is 6.55. The highest BCUT2D eigenvalue weighted by Gasteiger charge is 2.20. The zero-order valence-electron chi connectivity index (χ0n) is 18.8. The van der Waals surface area contributed by atoms with Crippen LogP contribution in [0.1, 0.15) is 11.1 Å². The highest BCUT2D eigenvalue weighted by molar-refractivity contribution is 7.98. The molecule has 0 saturated heterocycles. The van der Waals surface area contributed by atoms with Gasteiger partial charge in [-0.2, -0.15) is 0 Å². The van der Waals surface area contributed by atoms with Crippen LogP contribution in [0.5, 0.6) is 11.5 Å². The average Bonchev–Trinajstić information content (AvgIpc) is 3.27. The lowest BCUT2D eigenvalue weighted by molar-refractivity contribution is 0.386. The minimum absolute atomic E-state index is 0.198. The molecule has 2 heterocycles. The fraction of sp³-hybridized carbons (Fsp3) is 0.160. The summed E-state index contributed by atoms with van der Waals surface area (Å²) in [7, 11) is 3.00. The molecule has 0 aliphatic carbocycles. The van der Waals surface area contributed by atoms with E-state index in [1.807, 2.05) is 53.8 Å². The Hall–Kier alpha value is -3.85. The Bertz CT molecular complexity index is 1600. The summed E-state index contributed by atoms with van der Waals surface area (Å²) >= 11 is 1.40. The lowest BCUT2D eigenvalue weighted by Crippen LogP contribution is -2.22. The number of methoxy groups -OCH3 is 2. The van der Waals surface area contributed by atoms with Gasteiger partial charge in [0.2, 0.25) is 5.78 Å². The first-order valence-electron chi connectivity index (χ1n) is 10.5. The van der Waals surface area contributed by atoms with Gasteiger partial charge in [0.1, 0.15) is 5.75 Å². The van der Waals surface area contributed by atoms with Crippen LogP contribution < -0.4 is 15.0 Å². The molecule has 34 heavy (non-hydrogen) atoms. The Labute approximate surface area is 198 Å². The number of aromatic nitrogens is 4. The maximum absolute atomic E-state index is 14.1. The van der Waals surface area contributed by atoms with Crippen LogP contribution in [0.3, 0.4) is 0 Å². The van der Waals surface area contributed by atoms with Crippen molar-refractivity contribution in [2.45, 2.75) is 17.8 Å². The largest absolute Gasteiger partial charge is 0.495 e. The summed E-state index contributed by atoms with van der Waals surface area (Å²) in [5.74, 6) is 1.16. The molecule has 0 unspecified atom stereocenters. The lowest BCUT2D eigenvalue weighted by atomic mass is 10.2. The number of benzene rings is 3. The second kappa shape index (κ2) is 8.83. The van der Waals surface area contributed by atoms with E-state index in [9.17, 15) is 9.18 Å². The maximum Gasteiger partial charge on any atom is 0.267 e. The molecule has 5 rings (SSSR count). The number of nitrogens with zero attached hydrogens (tertiary/aromatic N) is 4. The number of fused-ring (bicyclic) bond motifs is 3. The van der Waals surface area contributed by atoms with Crippen molar-refractivity contribution in [3.8, 4) is 17.2 Å². The molecule has 0 N–H and O–H groups in total. The van der Waals surface area contributed by atoms with Gasteiger partial charge in [-0.3, -0.25) is 9.20 Å². The zero-order chi connectivity index (χ0) is 23.8. The summed E-state index contributed by atoms with van der Waals surface area (Å²) in [6, 6.07) is 17.8. The van der Waals surface area contributed by atoms with Crippen molar-refractivity contribution in [1.29, 1.82) is 0 Å². The number of aryl methyl sites for hydroxylation is 1. The van der Waals surface area contributed by atoms with Crippen LogP contribution in [0.25, 0.3) is 22.4 Å². The van der Waals surface area contributed by atoms with Crippen LogP contribution >= 0.6 is 11.8 Å². The third-order valence-electron chi connectivity index (χ3n) is 5.55. The molecule has 0 amide bonds. The second-order valence-corrected chi connectivity index (χ2v) is 8.65. The molecule has 0 fully saturated rings. The second-order valence-electron chi connectivity index (χ2n) is 7.71. The summed E-state index contributed by atoms with van der Waals surface area (Å²) < 4.78 is 28.1. The van der Waals surface area contributed by atoms with E-state index in [0.717, 1.165) is 11.1 Å². The molecule has 0 spiro atoms. The summed E-state index contributed by atoms with van der Waals surface area (Å²) in [6.07, 6.45) is 0. The van der Waals surface area contributed by atoms with Crippen molar-refractivity contribution in [3.63, 3.8) is 0 Å². The Balaban J connectivity index is 1.69. The first-order valence-corrected chi connectivity index (χ1v) is 11.5. The predicted octanol–water partition coefficient (Wildman–Crippen LogP) is 4.79. The molecule has 9 heteroatoms. The molecular weight excluding hydrogens is 455 g/mol. The van der Waals surface area contributed by atoms with E-state index in [4.69, 9.17) is 9.47 Å². The molecule has 0 saturated carbocycles. The molecule has 7 nitrogen and oxygen atoms in total. The Morgan fingerprint density at radius 3 is 2.50 bits per heavy atom. The standard InChI is InChI=1S/C25H21FN4O3S/c1-15-8-10-22(33-3)20(12-15)29-23(31)17-6-4-5-7-19(17)30-24(29)27-28-25(30)34-14-16-9-11-21(32-2)18(26)13-16/h4-13H,14H2,1-3H3. The normalized spacial score (nSPS) is 11.3. The van der Waals surface area contributed by atoms with Crippen molar-refractivity contribution in [2.24, 2.45) is 0 Å². The van der Waals surface area contributed by atoms with Crippen LogP contribution in [0.2, 0.25) is 0 Å². The van der Waals surface area contributed by atoms with Gasteiger partial charge in [-0.05, 0) is 54.4 Å². The summed E-state index contributed by atoms with van der Waals surface area (Å²) in [4.78, 5) is 13.6. The van der Waals surface area contributed by atoms with Crippen LogP contribution in [-0.2, 0) is 5.75 Å². The molecule has 0 aliphatic heterocycles. The summed E-state index contributed by atoms with van der Waals surface area (Å²) in [5, 5.41) is 9.86. The van der Waals surface area contributed by atoms with Gasteiger partial charge < -0.3 is 9.47 Å². The van der Waals surface area contributed by atoms with Gasteiger partial charge in [-0.15, -0.1) is 10.2 Å². The highest BCUT2D eigenvalue weighted by Crippen LogP contribution is 2.29. The molecule has 0 radical (unpaired) electrons. The Kier molecular flexibility index (Phi) is 5.70. The zero-order valence-corrected chi connectivity index (χ0v) is 19.6. The molecule has 2 aromatic heterocycles. The number of hydrogen-bond donors (Lipinski definition) is 0. The van der Waals surface area contributed by atoms with Crippen molar-refractivity contribution < 1.29 is 13.9 Å². The van der Waals surface area contributed by atoms with Crippen LogP contribution in [0.15, 0.2) is 70.6 Å². The maximum atomic E-state index is 14.1. The van der Waals surface area contributed by atoms with E-state index in [1.165, 1.54) is 29.5 Å². The molecular formula is C25H21FN4O3S. The van der Waals surface area contributed by atoms with Crippen LogP contribution in [-0.4, -0.2) is 33.4 Å². The monoisotopic (exact) mass is 476 g/mol. The van der Waals surface area contributed by atoms with Crippen molar-refractivity contribution >= 4 is 28.4 Å². The smallest absolute Gasteiger partial charge is 0.267 e. The van der Waals surface area contributed by atoms with E-state index in [2.05, 4.69) is 10.2 Å². The number of halogens is 1. The van der Waals surface area contributed by atoms with Gasteiger partial charge >= 0.3 is 0 Å². The minimum atomic E-state index is -0.419. The van der Waals surface area contributed by atoms with Crippen molar-refractivity contribution in [1.82, 2.24) is 19.2 Å². The summed E-state index contributed by atoms with van der Waals surface area (Å²) in [5.41, 5.74) is 2.82. The molecule has 172 valence electrons. The van der Waals surface area contributed by atoms with Crippen LogP contribution in [0, 0.1) is 12.7 Å². The third kappa shape index (κ3) is 3.67. The van der Waals surface area contributed by atoms with Crippen molar-refractivity contribution in [3.05, 3.63) is 88.0 Å². The first-order chi connectivity index (χ1) is 16.5. The highest BCUT2D eigenvalue weighted by atomic mass is 32.2. The van der Waals surface area contributed by atoms with Crippen LogP contribution in [0.4, 0.5) is 4.39 Å². The van der Waals surface area contributed by atoms with Crippen molar-refractivity contribution in [2.75, 3.05) is 14.2 Å². The van der Waals surface area contributed by atoms with Gasteiger partial charge in [-0.1, -0.05) is 36.0 Å².